The third-order valence-corrected chi connectivity index (χ3v) is 2.75. The van der Waals surface area contributed by atoms with Crippen molar-refractivity contribution in [3.63, 3.8) is 0 Å². The Kier molecular flexibility index (Phi) is 3.90. The number of rotatable bonds is 3. The van der Waals surface area contributed by atoms with E-state index in [4.69, 9.17) is 0 Å². The lowest BCUT2D eigenvalue weighted by molar-refractivity contribution is 0.585. The molecule has 0 radical (unpaired) electrons. The number of halogens is 2. The molecule has 0 saturated heterocycles. The van der Waals surface area contributed by atoms with Crippen LogP contribution in [0.25, 0.3) is 0 Å². The van der Waals surface area contributed by atoms with Crippen molar-refractivity contribution in [3.8, 4) is 0 Å². The SMILES string of the molecule is Cc1ccc(/C=N\Nc2ccc(F)cc2F)c(C)c1. The van der Waals surface area contributed by atoms with Gasteiger partial charge in [-0.1, -0.05) is 23.8 Å². The summed E-state index contributed by atoms with van der Waals surface area (Å²) in [6, 6.07) is 9.26. The van der Waals surface area contributed by atoms with E-state index in [9.17, 15) is 8.78 Å². The molecule has 0 aliphatic rings. The van der Waals surface area contributed by atoms with Crippen LogP contribution in [0.2, 0.25) is 0 Å². The zero-order valence-electron chi connectivity index (χ0n) is 10.7. The minimum atomic E-state index is -0.669. The van der Waals surface area contributed by atoms with E-state index in [2.05, 4.69) is 10.5 Å². The van der Waals surface area contributed by atoms with Gasteiger partial charge in [0.05, 0.1) is 11.9 Å². The summed E-state index contributed by atoms with van der Waals surface area (Å²) < 4.78 is 26.1. The third-order valence-electron chi connectivity index (χ3n) is 2.75. The average molecular weight is 260 g/mol. The van der Waals surface area contributed by atoms with Crippen LogP contribution < -0.4 is 5.43 Å². The van der Waals surface area contributed by atoms with E-state index >= 15 is 0 Å². The second-order valence-electron chi connectivity index (χ2n) is 4.35. The molecule has 4 heteroatoms. The molecule has 2 nitrogen and oxygen atoms in total. The van der Waals surface area contributed by atoms with Crippen molar-refractivity contribution in [2.45, 2.75) is 13.8 Å². The Bertz CT molecular complexity index is 622. The van der Waals surface area contributed by atoms with Gasteiger partial charge in [-0.2, -0.15) is 5.10 Å². The van der Waals surface area contributed by atoms with Crippen molar-refractivity contribution in [3.05, 3.63) is 64.7 Å². The van der Waals surface area contributed by atoms with Crippen LogP contribution in [0.3, 0.4) is 0 Å². The van der Waals surface area contributed by atoms with Crippen LogP contribution in [-0.4, -0.2) is 6.21 Å². The molecule has 1 N–H and O–H groups in total. The average Bonchev–Trinajstić information content (AvgIpc) is 2.34. The first kappa shape index (κ1) is 13.2. The summed E-state index contributed by atoms with van der Waals surface area (Å²) in [6.07, 6.45) is 1.61. The number of hydrazone groups is 1. The van der Waals surface area contributed by atoms with E-state index in [1.54, 1.807) is 6.21 Å². The van der Waals surface area contributed by atoms with Crippen LogP contribution in [0.4, 0.5) is 14.5 Å². The second kappa shape index (κ2) is 5.61. The maximum Gasteiger partial charge on any atom is 0.151 e. The van der Waals surface area contributed by atoms with Gasteiger partial charge in [-0.15, -0.1) is 0 Å². The number of nitrogens with one attached hydrogen (secondary N) is 1. The number of anilines is 1. The Hall–Kier alpha value is -2.23. The van der Waals surface area contributed by atoms with Gasteiger partial charge < -0.3 is 0 Å². The Morgan fingerprint density at radius 2 is 1.84 bits per heavy atom. The fraction of sp³-hybridized carbons (Fsp3) is 0.133. The highest BCUT2D eigenvalue weighted by Crippen LogP contribution is 2.15. The number of nitrogens with zero attached hydrogens (tertiary/aromatic N) is 1. The van der Waals surface area contributed by atoms with Gasteiger partial charge in [0, 0.05) is 6.07 Å². The first-order valence-electron chi connectivity index (χ1n) is 5.87. The fourth-order valence-electron chi connectivity index (χ4n) is 1.72. The summed E-state index contributed by atoms with van der Waals surface area (Å²) in [5.41, 5.74) is 5.91. The van der Waals surface area contributed by atoms with Gasteiger partial charge >= 0.3 is 0 Å². The highest BCUT2D eigenvalue weighted by atomic mass is 19.1. The number of hydrogen-bond acceptors (Lipinski definition) is 2. The Morgan fingerprint density at radius 1 is 1.05 bits per heavy atom. The second-order valence-corrected chi connectivity index (χ2v) is 4.35. The molecule has 0 saturated carbocycles. The van der Waals surface area contributed by atoms with Crippen molar-refractivity contribution >= 4 is 11.9 Å². The van der Waals surface area contributed by atoms with Crippen LogP contribution in [0, 0.1) is 25.5 Å². The molecule has 0 amide bonds. The molecule has 2 rings (SSSR count). The van der Waals surface area contributed by atoms with Gasteiger partial charge in [0.15, 0.2) is 5.82 Å². The first-order chi connectivity index (χ1) is 9.06. The van der Waals surface area contributed by atoms with Crippen molar-refractivity contribution in [2.24, 2.45) is 5.10 Å². The van der Waals surface area contributed by atoms with Crippen molar-refractivity contribution < 1.29 is 8.78 Å². The molecule has 0 aliphatic heterocycles. The van der Waals surface area contributed by atoms with Gasteiger partial charge in [-0.05, 0) is 37.1 Å². The Balaban J connectivity index is 2.11. The van der Waals surface area contributed by atoms with E-state index in [-0.39, 0.29) is 5.69 Å². The number of aryl methyl sites for hydroxylation is 2. The van der Waals surface area contributed by atoms with E-state index in [1.807, 2.05) is 32.0 Å². The predicted molar refractivity (Wildman–Crippen MR) is 73.5 cm³/mol. The van der Waals surface area contributed by atoms with Crippen LogP contribution in [-0.2, 0) is 0 Å². The van der Waals surface area contributed by atoms with Crippen LogP contribution in [0.15, 0.2) is 41.5 Å². The van der Waals surface area contributed by atoms with E-state index < -0.39 is 11.6 Å². The lowest BCUT2D eigenvalue weighted by atomic mass is 10.1. The van der Waals surface area contributed by atoms with E-state index in [1.165, 1.54) is 17.7 Å². The van der Waals surface area contributed by atoms with Crippen molar-refractivity contribution in [2.75, 3.05) is 5.43 Å². The minimum Gasteiger partial charge on any atom is -0.276 e. The van der Waals surface area contributed by atoms with Gasteiger partial charge in [0.25, 0.3) is 0 Å². The van der Waals surface area contributed by atoms with E-state index in [0.717, 1.165) is 17.2 Å². The fourth-order valence-corrected chi connectivity index (χ4v) is 1.72. The highest BCUT2D eigenvalue weighted by Gasteiger charge is 2.01. The Labute approximate surface area is 110 Å². The summed E-state index contributed by atoms with van der Waals surface area (Å²) in [7, 11) is 0. The molecule has 0 bridgehead atoms. The molecular weight excluding hydrogens is 246 g/mol. The highest BCUT2D eigenvalue weighted by molar-refractivity contribution is 5.82. The number of hydrogen-bond donors (Lipinski definition) is 1. The first-order valence-corrected chi connectivity index (χ1v) is 5.87. The zero-order chi connectivity index (χ0) is 13.8. The summed E-state index contributed by atoms with van der Waals surface area (Å²) in [6.45, 7) is 3.99. The maximum absolute atomic E-state index is 13.3. The van der Waals surface area contributed by atoms with Crippen molar-refractivity contribution in [1.29, 1.82) is 0 Å². The van der Waals surface area contributed by atoms with E-state index in [0.29, 0.717) is 0 Å². The summed E-state index contributed by atoms with van der Waals surface area (Å²) in [4.78, 5) is 0. The monoisotopic (exact) mass is 260 g/mol. The summed E-state index contributed by atoms with van der Waals surface area (Å²) >= 11 is 0. The summed E-state index contributed by atoms with van der Waals surface area (Å²) in [5.74, 6) is -1.28. The van der Waals surface area contributed by atoms with Gasteiger partial charge in [0.1, 0.15) is 5.82 Å². The molecule has 0 spiro atoms. The third kappa shape index (κ3) is 3.37. The maximum atomic E-state index is 13.3. The molecule has 2 aromatic rings. The normalized spacial score (nSPS) is 10.9. The molecule has 0 unspecified atom stereocenters. The predicted octanol–water partition coefficient (Wildman–Crippen LogP) is 4.03. The molecule has 0 aliphatic carbocycles. The quantitative estimate of drug-likeness (QED) is 0.654. The summed E-state index contributed by atoms with van der Waals surface area (Å²) in [5, 5.41) is 3.96. The Morgan fingerprint density at radius 3 is 2.53 bits per heavy atom. The van der Waals surface area contributed by atoms with Crippen LogP contribution in [0.5, 0.6) is 0 Å². The van der Waals surface area contributed by atoms with Crippen molar-refractivity contribution in [1.82, 2.24) is 0 Å². The standard InChI is InChI=1S/C15H14F2N2/c1-10-3-4-12(11(2)7-10)9-18-19-15-6-5-13(16)8-14(15)17/h3-9,19H,1-2H3/b18-9-. The molecule has 98 valence electrons. The van der Waals surface area contributed by atoms with Gasteiger partial charge in [-0.3, -0.25) is 5.43 Å². The molecule has 0 atom stereocenters. The van der Waals surface area contributed by atoms with Gasteiger partial charge in [-0.25, -0.2) is 8.78 Å². The smallest absolute Gasteiger partial charge is 0.151 e. The molecule has 0 heterocycles. The van der Waals surface area contributed by atoms with Gasteiger partial charge in [0.2, 0.25) is 0 Å². The lowest BCUT2D eigenvalue weighted by Crippen LogP contribution is -1.95. The zero-order valence-corrected chi connectivity index (χ0v) is 10.7. The van der Waals surface area contributed by atoms with Crippen LogP contribution >= 0.6 is 0 Å². The molecular formula is C15H14F2N2. The largest absolute Gasteiger partial charge is 0.276 e. The van der Waals surface area contributed by atoms with Crippen LogP contribution in [0.1, 0.15) is 16.7 Å². The molecule has 0 fully saturated rings. The minimum absolute atomic E-state index is 0.141. The molecule has 0 aromatic heterocycles. The molecule has 2 aromatic carbocycles. The lowest BCUT2D eigenvalue weighted by Gasteiger charge is -2.03. The topological polar surface area (TPSA) is 24.4 Å². The molecule has 19 heavy (non-hydrogen) atoms. The number of benzene rings is 2.